The van der Waals surface area contributed by atoms with Crippen LogP contribution in [0, 0.1) is 0 Å². The van der Waals surface area contributed by atoms with Gasteiger partial charge in [-0.2, -0.15) is 0 Å². The molecule has 2 atom stereocenters. The summed E-state index contributed by atoms with van der Waals surface area (Å²) in [4.78, 5) is 4.46. The van der Waals surface area contributed by atoms with Gasteiger partial charge in [0.25, 0.3) is 0 Å². The standard InChI is InChI=1S/C14H20N2/c1-12(13-7-3-2-4-8-13)11-16-14-9-5-6-10-15-14/h2-4,7-8,10,12,14,16H,5-6,9,11H2,1H3. The van der Waals surface area contributed by atoms with E-state index < -0.39 is 0 Å². The summed E-state index contributed by atoms with van der Waals surface area (Å²) in [6.45, 7) is 3.26. The van der Waals surface area contributed by atoms with Crippen molar-refractivity contribution in [2.45, 2.75) is 38.3 Å². The fourth-order valence-electron chi connectivity index (χ4n) is 2.05. The molecule has 86 valence electrons. The molecule has 0 bridgehead atoms. The largest absolute Gasteiger partial charge is 0.295 e. The molecule has 1 aromatic carbocycles. The first-order chi connectivity index (χ1) is 7.86. The molecule has 2 nitrogen and oxygen atoms in total. The highest BCUT2D eigenvalue weighted by Gasteiger charge is 2.11. The maximum atomic E-state index is 4.46. The van der Waals surface area contributed by atoms with E-state index in [9.17, 15) is 0 Å². The number of rotatable bonds is 4. The molecule has 2 heteroatoms. The van der Waals surface area contributed by atoms with Gasteiger partial charge in [-0.15, -0.1) is 0 Å². The topological polar surface area (TPSA) is 24.4 Å². The van der Waals surface area contributed by atoms with E-state index in [1.807, 2.05) is 6.21 Å². The third-order valence-electron chi connectivity index (χ3n) is 3.12. The molecular formula is C14H20N2. The fraction of sp³-hybridized carbons (Fsp3) is 0.500. The van der Waals surface area contributed by atoms with Crippen LogP contribution in [-0.4, -0.2) is 18.9 Å². The van der Waals surface area contributed by atoms with Crippen molar-refractivity contribution in [2.24, 2.45) is 4.99 Å². The zero-order valence-corrected chi connectivity index (χ0v) is 9.89. The Morgan fingerprint density at radius 2 is 2.19 bits per heavy atom. The lowest BCUT2D eigenvalue weighted by Crippen LogP contribution is -2.32. The minimum absolute atomic E-state index is 0.347. The van der Waals surface area contributed by atoms with Crippen LogP contribution in [0.15, 0.2) is 35.3 Å². The molecule has 0 saturated heterocycles. The second-order valence-electron chi connectivity index (χ2n) is 4.50. The molecule has 1 heterocycles. The van der Waals surface area contributed by atoms with Gasteiger partial charge in [0.15, 0.2) is 0 Å². The predicted octanol–water partition coefficient (Wildman–Crippen LogP) is 2.96. The number of nitrogens with zero attached hydrogens (tertiary/aromatic N) is 1. The third kappa shape index (κ3) is 3.17. The Bertz CT molecular complexity index is 332. The number of hydrogen-bond acceptors (Lipinski definition) is 2. The number of nitrogens with one attached hydrogen (secondary N) is 1. The van der Waals surface area contributed by atoms with Gasteiger partial charge in [-0.05, 0) is 30.7 Å². The molecule has 1 aromatic rings. The maximum absolute atomic E-state index is 4.46. The first kappa shape index (κ1) is 11.3. The smallest absolute Gasteiger partial charge is 0.0990 e. The molecule has 0 aliphatic carbocycles. The van der Waals surface area contributed by atoms with Crippen molar-refractivity contribution >= 4 is 6.21 Å². The lowest BCUT2D eigenvalue weighted by Gasteiger charge is -2.20. The molecule has 0 aromatic heterocycles. The van der Waals surface area contributed by atoms with Crippen LogP contribution in [0.25, 0.3) is 0 Å². The average Bonchev–Trinajstić information content (AvgIpc) is 2.38. The Morgan fingerprint density at radius 1 is 1.38 bits per heavy atom. The van der Waals surface area contributed by atoms with Crippen molar-refractivity contribution in [3.05, 3.63) is 35.9 Å². The van der Waals surface area contributed by atoms with Gasteiger partial charge in [0, 0.05) is 12.8 Å². The summed E-state index contributed by atoms with van der Waals surface area (Å²) < 4.78 is 0. The molecule has 0 fully saturated rings. The molecule has 1 aliphatic rings. The van der Waals surface area contributed by atoms with Crippen LogP contribution in [0.1, 0.15) is 37.7 Å². The lowest BCUT2D eigenvalue weighted by molar-refractivity contribution is 0.459. The van der Waals surface area contributed by atoms with Gasteiger partial charge in [0.2, 0.25) is 0 Å². The van der Waals surface area contributed by atoms with Crippen molar-refractivity contribution in [2.75, 3.05) is 6.54 Å². The lowest BCUT2D eigenvalue weighted by atomic mass is 10.0. The molecule has 2 unspecified atom stereocenters. The zero-order chi connectivity index (χ0) is 11.2. The van der Waals surface area contributed by atoms with E-state index in [0.29, 0.717) is 12.1 Å². The van der Waals surface area contributed by atoms with E-state index in [1.165, 1.54) is 18.4 Å². The van der Waals surface area contributed by atoms with E-state index in [2.05, 4.69) is 47.6 Å². The summed E-state index contributed by atoms with van der Waals surface area (Å²) in [6.07, 6.45) is 5.99. The Labute approximate surface area is 97.8 Å². The number of benzene rings is 1. The van der Waals surface area contributed by atoms with E-state index in [0.717, 1.165) is 13.0 Å². The van der Waals surface area contributed by atoms with Crippen LogP contribution in [0.2, 0.25) is 0 Å². The van der Waals surface area contributed by atoms with Crippen LogP contribution in [0.5, 0.6) is 0 Å². The van der Waals surface area contributed by atoms with Crippen molar-refractivity contribution in [1.82, 2.24) is 5.32 Å². The van der Waals surface area contributed by atoms with Gasteiger partial charge in [-0.1, -0.05) is 37.3 Å². The molecular weight excluding hydrogens is 196 g/mol. The summed E-state index contributed by atoms with van der Waals surface area (Å²) in [5, 5.41) is 3.52. The summed E-state index contributed by atoms with van der Waals surface area (Å²) in [5.41, 5.74) is 1.40. The van der Waals surface area contributed by atoms with Gasteiger partial charge < -0.3 is 0 Å². The van der Waals surface area contributed by atoms with Gasteiger partial charge >= 0.3 is 0 Å². The summed E-state index contributed by atoms with van der Waals surface area (Å²) in [6, 6.07) is 10.7. The maximum Gasteiger partial charge on any atom is 0.0990 e. The highest BCUT2D eigenvalue weighted by atomic mass is 15.1. The average molecular weight is 216 g/mol. The third-order valence-corrected chi connectivity index (χ3v) is 3.12. The van der Waals surface area contributed by atoms with E-state index in [4.69, 9.17) is 0 Å². The second kappa shape index (κ2) is 5.80. The molecule has 1 N–H and O–H groups in total. The van der Waals surface area contributed by atoms with Gasteiger partial charge in [-0.3, -0.25) is 10.3 Å². The molecule has 2 rings (SSSR count). The molecule has 0 amide bonds. The van der Waals surface area contributed by atoms with Gasteiger partial charge in [0.05, 0.1) is 6.17 Å². The Balaban J connectivity index is 1.81. The Kier molecular flexibility index (Phi) is 4.11. The van der Waals surface area contributed by atoms with E-state index in [1.54, 1.807) is 0 Å². The number of hydrogen-bond donors (Lipinski definition) is 1. The van der Waals surface area contributed by atoms with Crippen LogP contribution >= 0.6 is 0 Å². The molecule has 16 heavy (non-hydrogen) atoms. The Morgan fingerprint density at radius 3 is 2.88 bits per heavy atom. The van der Waals surface area contributed by atoms with Crippen molar-refractivity contribution in [3.8, 4) is 0 Å². The van der Waals surface area contributed by atoms with Crippen LogP contribution in [-0.2, 0) is 0 Å². The minimum Gasteiger partial charge on any atom is -0.295 e. The molecule has 0 radical (unpaired) electrons. The SMILES string of the molecule is CC(CNC1CCCC=N1)c1ccccc1. The minimum atomic E-state index is 0.347. The van der Waals surface area contributed by atoms with E-state index in [-0.39, 0.29) is 0 Å². The van der Waals surface area contributed by atoms with Crippen LogP contribution in [0.3, 0.4) is 0 Å². The first-order valence-corrected chi connectivity index (χ1v) is 6.16. The summed E-state index contributed by atoms with van der Waals surface area (Å²) >= 11 is 0. The van der Waals surface area contributed by atoms with Gasteiger partial charge in [-0.25, -0.2) is 0 Å². The quantitative estimate of drug-likeness (QED) is 0.822. The molecule has 0 saturated carbocycles. The van der Waals surface area contributed by atoms with Crippen LogP contribution in [0.4, 0.5) is 0 Å². The summed E-state index contributed by atoms with van der Waals surface area (Å²) in [7, 11) is 0. The fourth-order valence-corrected chi connectivity index (χ4v) is 2.05. The molecule has 0 spiro atoms. The van der Waals surface area contributed by atoms with Crippen molar-refractivity contribution < 1.29 is 0 Å². The first-order valence-electron chi connectivity index (χ1n) is 6.16. The highest BCUT2D eigenvalue weighted by Crippen LogP contribution is 2.14. The van der Waals surface area contributed by atoms with Crippen molar-refractivity contribution in [1.29, 1.82) is 0 Å². The monoisotopic (exact) mass is 216 g/mol. The second-order valence-corrected chi connectivity index (χ2v) is 4.50. The van der Waals surface area contributed by atoms with Gasteiger partial charge in [0.1, 0.15) is 0 Å². The Hall–Kier alpha value is -1.15. The predicted molar refractivity (Wildman–Crippen MR) is 69.0 cm³/mol. The van der Waals surface area contributed by atoms with Crippen molar-refractivity contribution in [3.63, 3.8) is 0 Å². The summed E-state index contributed by atoms with van der Waals surface area (Å²) in [5.74, 6) is 0.554. The number of aliphatic imine (C=N–C) groups is 1. The van der Waals surface area contributed by atoms with Crippen LogP contribution < -0.4 is 5.32 Å². The van der Waals surface area contributed by atoms with E-state index >= 15 is 0 Å². The molecule has 1 aliphatic heterocycles. The normalized spacial score (nSPS) is 21.9. The highest BCUT2D eigenvalue weighted by molar-refractivity contribution is 5.58. The zero-order valence-electron chi connectivity index (χ0n) is 9.89.